The lowest BCUT2D eigenvalue weighted by atomic mass is 10.1. The molecular weight excluding hydrogens is 355 g/mol. The average Bonchev–Trinajstić information content (AvgIpc) is 2.50. The average molecular weight is 367 g/mol. The van der Waals surface area contributed by atoms with E-state index >= 15 is 0 Å². The fourth-order valence-electron chi connectivity index (χ4n) is 2.29. The first kappa shape index (κ1) is 16.1. The number of hydrogen-bond acceptors (Lipinski definition) is 3. The number of hydrogen-bond donors (Lipinski definition) is 0. The Balaban J connectivity index is 2.01. The van der Waals surface area contributed by atoms with Gasteiger partial charge in [-0.05, 0) is 47.5 Å². The SMILES string of the molecule is Cc1cc(Cl)c(Cl)cc1S(=O)(=O)Oc1ccc2ccccc2c1. The second kappa shape index (κ2) is 6.04. The van der Waals surface area contributed by atoms with Gasteiger partial charge < -0.3 is 4.18 Å². The molecule has 23 heavy (non-hydrogen) atoms. The molecule has 0 atom stereocenters. The van der Waals surface area contributed by atoms with Gasteiger partial charge in [0.05, 0.1) is 10.0 Å². The van der Waals surface area contributed by atoms with Crippen LogP contribution >= 0.6 is 23.2 Å². The van der Waals surface area contributed by atoms with Crippen molar-refractivity contribution in [3.63, 3.8) is 0 Å². The highest BCUT2D eigenvalue weighted by molar-refractivity contribution is 7.87. The Hall–Kier alpha value is -1.75. The molecule has 0 saturated carbocycles. The summed E-state index contributed by atoms with van der Waals surface area (Å²) in [5.41, 5.74) is 0.472. The van der Waals surface area contributed by atoms with Crippen molar-refractivity contribution in [1.82, 2.24) is 0 Å². The van der Waals surface area contributed by atoms with Crippen molar-refractivity contribution >= 4 is 44.1 Å². The fraction of sp³-hybridized carbons (Fsp3) is 0.0588. The number of benzene rings is 3. The molecule has 3 nitrogen and oxygen atoms in total. The Bertz CT molecular complexity index is 998. The van der Waals surface area contributed by atoms with Crippen LogP contribution in [0.3, 0.4) is 0 Å². The van der Waals surface area contributed by atoms with E-state index in [-0.39, 0.29) is 15.7 Å². The van der Waals surface area contributed by atoms with Crippen molar-refractivity contribution in [2.24, 2.45) is 0 Å². The van der Waals surface area contributed by atoms with E-state index in [4.69, 9.17) is 27.4 Å². The number of rotatable bonds is 3. The summed E-state index contributed by atoms with van der Waals surface area (Å²) in [6, 6.07) is 15.5. The molecule has 3 aromatic carbocycles. The molecule has 6 heteroatoms. The largest absolute Gasteiger partial charge is 0.379 e. The third-order valence-electron chi connectivity index (χ3n) is 3.41. The maximum Gasteiger partial charge on any atom is 0.339 e. The standard InChI is InChI=1S/C17H12Cl2O3S/c1-11-8-15(18)16(19)10-17(11)23(20,21)22-14-7-6-12-4-2-3-5-13(12)9-14/h2-10H,1H3. The minimum Gasteiger partial charge on any atom is -0.379 e. The van der Waals surface area contributed by atoms with Crippen LogP contribution in [-0.4, -0.2) is 8.42 Å². The predicted octanol–water partition coefficient (Wildman–Crippen LogP) is 5.22. The molecule has 0 aliphatic rings. The molecule has 0 heterocycles. The highest BCUT2D eigenvalue weighted by Gasteiger charge is 2.21. The Morgan fingerprint density at radius 2 is 1.52 bits per heavy atom. The molecule has 0 radical (unpaired) electrons. The van der Waals surface area contributed by atoms with Crippen LogP contribution in [0.25, 0.3) is 10.8 Å². The predicted molar refractivity (Wildman–Crippen MR) is 93.0 cm³/mol. The van der Waals surface area contributed by atoms with Gasteiger partial charge in [0.1, 0.15) is 10.6 Å². The molecule has 3 aromatic rings. The lowest BCUT2D eigenvalue weighted by Gasteiger charge is -2.11. The Morgan fingerprint density at radius 1 is 0.870 bits per heavy atom. The first-order valence-electron chi connectivity index (χ1n) is 6.76. The van der Waals surface area contributed by atoms with Gasteiger partial charge in [-0.3, -0.25) is 0 Å². The second-order valence-corrected chi connectivity index (χ2v) is 7.41. The van der Waals surface area contributed by atoms with Gasteiger partial charge in [0.2, 0.25) is 0 Å². The molecule has 0 amide bonds. The first-order chi connectivity index (χ1) is 10.9. The van der Waals surface area contributed by atoms with Gasteiger partial charge in [0, 0.05) is 0 Å². The Kier molecular flexibility index (Phi) is 4.23. The molecule has 0 bridgehead atoms. The summed E-state index contributed by atoms with van der Waals surface area (Å²) in [6.45, 7) is 1.64. The van der Waals surface area contributed by atoms with Crippen LogP contribution in [0.2, 0.25) is 10.0 Å². The summed E-state index contributed by atoms with van der Waals surface area (Å²) in [5, 5.41) is 2.36. The van der Waals surface area contributed by atoms with E-state index in [1.165, 1.54) is 12.1 Å². The summed E-state index contributed by atoms with van der Waals surface area (Å²) < 4.78 is 30.2. The van der Waals surface area contributed by atoms with Crippen molar-refractivity contribution in [3.8, 4) is 5.75 Å². The molecule has 0 aromatic heterocycles. The third-order valence-corrected chi connectivity index (χ3v) is 5.53. The van der Waals surface area contributed by atoms with E-state index in [1.807, 2.05) is 30.3 Å². The van der Waals surface area contributed by atoms with E-state index in [2.05, 4.69) is 0 Å². The molecule has 0 fully saturated rings. The van der Waals surface area contributed by atoms with Crippen LogP contribution in [0.4, 0.5) is 0 Å². The minimum atomic E-state index is -3.99. The molecule has 0 saturated heterocycles. The topological polar surface area (TPSA) is 43.4 Å². The van der Waals surface area contributed by atoms with Crippen molar-refractivity contribution in [1.29, 1.82) is 0 Å². The van der Waals surface area contributed by atoms with Gasteiger partial charge in [-0.2, -0.15) is 8.42 Å². The number of halogens is 2. The van der Waals surface area contributed by atoms with E-state index in [9.17, 15) is 8.42 Å². The van der Waals surface area contributed by atoms with Gasteiger partial charge in [-0.15, -0.1) is 0 Å². The zero-order valence-corrected chi connectivity index (χ0v) is 14.4. The van der Waals surface area contributed by atoms with Gasteiger partial charge in [0.25, 0.3) is 0 Å². The summed E-state index contributed by atoms with van der Waals surface area (Å²) in [6.07, 6.45) is 0. The summed E-state index contributed by atoms with van der Waals surface area (Å²) in [7, 11) is -3.99. The summed E-state index contributed by atoms with van der Waals surface area (Å²) in [5.74, 6) is 0.245. The highest BCUT2D eigenvalue weighted by atomic mass is 35.5. The second-order valence-electron chi connectivity index (χ2n) is 5.08. The van der Waals surface area contributed by atoms with Crippen LogP contribution in [0.15, 0.2) is 59.5 Å². The molecule has 118 valence electrons. The van der Waals surface area contributed by atoms with Crippen LogP contribution in [0, 0.1) is 6.92 Å². The lowest BCUT2D eigenvalue weighted by molar-refractivity contribution is 0.486. The fourth-order valence-corrected chi connectivity index (χ4v) is 3.90. The third kappa shape index (κ3) is 3.29. The van der Waals surface area contributed by atoms with Gasteiger partial charge in [-0.1, -0.05) is 53.5 Å². The van der Waals surface area contributed by atoms with Gasteiger partial charge >= 0.3 is 10.1 Å². The van der Waals surface area contributed by atoms with E-state index < -0.39 is 10.1 Å². The molecular formula is C17H12Cl2O3S. The van der Waals surface area contributed by atoms with Crippen LogP contribution < -0.4 is 4.18 Å². The minimum absolute atomic E-state index is 0.0000543. The van der Waals surface area contributed by atoms with Gasteiger partial charge in [-0.25, -0.2) is 0 Å². The molecule has 3 rings (SSSR count). The molecule has 0 N–H and O–H groups in total. The highest BCUT2D eigenvalue weighted by Crippen LogP contribution is 2.30. The van der Waals surface area contributed by atoms with Crippen molar-refractivity contribution < 1.29 is 12.6 Å². The smallest absolute Gasteiger partial charge is 0.339 e. The van der Waals surface area contributed by atoms with E-state index in [0.717, 1.165) is 10.8 Å². The monoisotopic (exact) mass is 366 g/mol. The van der Waals surface area contributed by atoms with Crippen LogP contribution in [0.5, 0.6) is 5.75 Å². The quantitative estimate of drug-likeness (QED) is 0.596. The van der Waals surface area contributed by atoms with Crippen LogP contribution in [-0.2, 0) is 10.1 Å². The van der Waals surface area contributed by atoms with E-state index in [1.54, 1.807) is 19.1 Å². The molecule has 0 aliphatic carbocycles. The maximum atomic E-state index is 12.5. The Labute approximate surface area is 144 Å². The maximum absolute atomic E-state index is 12.5. The summed E-state index contributed by atoms with van der Waals surface area (Å²) >= 11 is 11.8. The van der Waals surface area contributed by atoms with Crippen molar-refractivity contribution in [2.75, 3.05) is 0 Å². The summed E-state index contributed by atoms with van der Waals surface area (Å²) in [4.78, 5) is 0.0000543. The van der Waals surface area contributed by atoms with Gasteiger partial charge in [0.15, 0.2) is 0 Å². The zero-order valence-electron chi connectivity index (χ0n) is 12.1. The molecule has 0 aliphatic heterocycles. The lowest BCUT2D eigenvalue weighted by Crippen LogP contribution is -2.11. The molecule has 0 spiro atoms. The normalized spacial score (nSPS) is 11.6. The zero-order chi connectivity index (χ0) is 16.6. The molecule has 0 unspecified atom stereocenters. The first-order valence-corrected chi connectivity index (χ1v) is 8.92. The number of aryl methyl sites for hydroxylation is 1. The van der Waals surface area contributed by atoms with Crippen molar-refractivity contribution in [2.45, 2.75) is 11.8 Å². The van der Waals surface area contributed by atoms with Crippen LogP contribution in [0.1, 0.15) is 5.56 Å². The number of fused-ring (bicyclic) bond motifs is 1. The van der Waals surface area contributed by atoms with E-state index in [0.29, 0.717) is 10.6 Å². The van der Waals surface area contributed by atoms with Crippen molar-refractivity contribution in [3.05, 3.63) is 70.2 Å². The Morgan fingerprint density at radius 3 is 2.26 bits per heavy atom.